The first-order chi connectivity index (χ1) is 5.24. The highest BCUT2D eigenvalue weighted by Gasteiger charge is 2.08. The lowest BCUT2D eigenvalue weighted by Crippen LogP contribution is -2.07. The number of nitrogens with zero attached hydrogens (tertiary/aromatic N) is 1. The molecule has 0 aliphatic carbocycles. The lowest BCUT2D eigenvalue weighted by Gasteiger charge is -2.00. The van der Waals surface area contributed by atoms with Gasteiger partial charge in [-0.15, -0.1) is 0 Å². The van der Waals surface area contributed by atoms with E-state index in [-0.39, 0.29) is 6.04 Å². The Morgan fingerprint density at radius 1 is 1.73 bits per heavy atom. The predicted octanol–water partition coefficient (Wildman–Crippen LogP) is 1.80. The molecular weight excluding hydrogens is 255 g/mol. The summed E-state index contributed by atoms with van der Waals surface area (Å²) < 4.78 is 6.01. The monoisotopic (exact) mass is 262 g/mol. The largest absolute Gasteiger partial charge is 0.454 e. The molecule has 1 heterocycles. The third-order valence-electron chi connectivity index (χ3n) is 1.27. The Labute approximate surface area is 78.3 Å². The maximum atomic E-state index is 8.33. The number of hydrogen-bond donors (Lipinski definition) is 1. The average molecular weight is 262 g/mol. The molecule has 0 aliphatic heterocycles. The Bertz CT molecular complexity index is 276. The summed E-state index contributed by atoms with van der Waals surface area (Å²) in [5.74, 6) is 0.677. The second kappa shape index (κ2) is 3.74. The minimum atomic E-state index is -0.288. The molecule has 0 aromatic carbocycles. The zero-order valence-electron chi connectivity index (χ0n) is 5.75. The Morgan fingerprint density at radius 2 is 2.45 bits per heavy atom. The van der Waals surface area contributed by atoms with Gasteiger partial charge in [-0.05, 0) is 34.7 Å². The highest BCUT2D eigenvalue weighted by Crippen LogP contribution is 2.17. The molecule has 1 aromatic heterocycles. The van der Waals surface area contributed by atoms with Crippen LogP contribution >= 0.6 is 22.6 Å². The van der Waals surface area contributed by atoms with Crippen LogP contribution in [0.3, 0.4) is 0 Å². The molecule has 0 bridgehead atoms. The topological polar surface area (TPSA) is 63.0 Å². The molecule has 2 N–H and O–H groups in total. The summed E-state index contributed by atoms with van der Waals surface area (Å²) in [5.41, 5.74) is 5.60. The molecule has 0 fully saturated rings. The van der Waals surface area contributed by atoms with Crippen molar-refractivity contribution in [2.45, 2.75) is 12.5 Å². The Kier molecular flexibility index (Phi) is 2.91. The number of nitrogens with two attached hydrogens (primary N) is 1. The van der Waals surface area contributed by atoms with E-state index in [2.05, 4.69) is 22.6 Å². The van der Waals surface area contributed by atoms with E-state index in [1.807, 2.05) is 12.1 Å². The molecule has 11 heavy (non-hydrogen) atoms. The lowest BCUT2D eigenvalue weighted by molar-refractivity contribution is 0.449. The molecule has 0 saturated carbocycles. The molecule has 0 spiro atoms. The van der Waals surface area contributed by atoms with Crippen LogP contribution in [0, 0.1) is 15.1 Å². The molecule has 3 nitrogen and oxygen atoms in total. The van der Waals surface area contributed by atoms with Gasteiger partial charge in [-0.25, -0.2) is 0 Å². The maximum Gasteiger partial charge on any atom is 0.164 e. The van der Waals surface area contributed by atoms with Crippen molar-refractivity contribution in [3.63, 3.8) is 0 Å². The minimum Gasteiger partial charge on any atom is -0.454 e. The number of nitriles is 1. The third-order valence-corrected chi connectivity index (χ3v) is 1.85. The molecule has 1 rings (SSSR count). The van der Waals surface area contributed by atoms with Crippen LogP contribution in [0.4, 0.5) is 0 Å². The predicted molar refractivity (Wildman–Crippen MR) is 48.6 cm³/mol. The summed E-state index contributed by atoms with van der Waals surface area (Å²) in [6.07, 6.45) is 0.295. The first kappa shape index (κ1) is 8.56. The van der Waals surface area contributed by atoms with Crippen molar-refractivity contribution in [1.82, 2.24) is 0 Å². The van der Waals surface area contributed by atoms with E-state index in [9.17, 15) is 0 Å². The highest BCUT2D eigenvalue weighted by molar-refractivity contribution is 14.1. The first-order valence-electron chi connectivity index (χ1n) is 3.12. The van der Waals surface area contributed by atoms with Crippen LogP contribution < -0.4 is 5.73 Å². The number of furan rings is 1. The van der Waals surface area contributed by atoms with Crippen molar-refractivity contribution in [3.05, 3.63) is 21.7 Å². The van der Waals surface area contributed by atoms with E-state index in [0.29, 0.717) is 12.2 Å². The molecule has 1 aromatic rings. The van der Waals surface area contributed by atoms with Gasteiger partial charge < -0.3 is 10.2 Å². The Hall–Kier alpha value is -0.540. The van der Waals surface area contributed by atoms with Crippen LogP contribution in [0.2, 0.25) is 0 Å². The molecule has 0 radical (unpaired) electrons. The highest BCUT2D eigenvalue weighted by atomic mass is 127. The number of rotatable bonds is 2. The molecule has 4 heteroatoms. The second-order valence-electron chi connectivity index (χ2n) is 2.11. The van der Waals surface area contributed by atoms with Crippen molar-refractivity contribution in [2.75, 3.05) is 0 Å². The van der Waals surface area contributed by atoms with Crippen LogP contribution in [-0.4, -0.2) is 0 Å². The number of halogens is 1. The van der Waals surface area contributed by atoms with Gasteiger partial charge in [0.15, 0.2) is 3.77 Å². The fraction of sp³-hybridized carbons (Fsp3) is 0.286. The third kappa shape index (κ3) is 2.20. The van der Waals surface area contributed by atoms with E-state index in [4.69, 9.17) is 15.4 Å². The van der Waals surface area contributed by atoms with Crippen LogP contribution in [0.15, 0.2) is 16.5 Å². The molecule has 1 atom stereocenters. The van der Waals surface area contributed by atoms with Crippen LogP contribution in [0.5, 0.6) is 0 Å². The molecule has 0 saturated heterocycles. The average Bonchev–Trinajstić information content (AvgIpc) is 2.36. The van der Waals surface area contributed by atoms with Gasteiger partial charge in [0.2, 0.25) is 0 Å². The van der Waals surface area contributed by atoms with Gasteiger partial charge in [-0.1, -0.05) is 0 Å². The normalized spacial score (nSPS) is 12.5. The summed E-state index contributed by atoms with van der Waals surface area (Å²) >= 11 is 2.06. The first-order valence-corrected chi connectivity index (χ1v) is 4.19. The lowest BCUT2D eigenvalue weighted by atomic mass is 10.2. The molecular formula is C7H7IN2O. The number of hydrogen-bond acceptors (Lipinski definition) is 3. The summed E-state index contributed by atoms with van der Waals surface area (Å²) in [4.78, 5) is 0. The fourth-order valence-electron chi connectivity index (χ4n) is 0.727. The second-order valence-corrected chi connectivity index (χ2v) is 3.17. The van der Waals surface area contributed by atoms with Gasteiger partial charge in [-0.2, -0.15) is 5.26 Å². The Morgan fingerprint density at radius 3 is 2.91 bits per heavy atom. The van der Waals surface area contributed by atoms with Gasteiger partial charge in [0.05, 0.1) is 18.5 Å². The van der Waals surface area contributed by atoms with Crippen molar-refractivity contribution in [1.29, 1.82) is 5.26 Å². The van der Waals surface area contributed by atoms with Crippen LogP contribution in [0.1, 0.15) is 18.2 Å². The fourth-order valence-corrected chi connectivity index (χ4v) is 1.16. The van der Waals surface area contributed by atoms with E-state index >= 15 is 0 Å². The van der Waals surface area contributed by atoms with Gasteiger partial charge >= 0.3 is 0 Å². The van der Waals surface area contributed by atoms with Crippen molar-refractivity contribution >= 4 is 22.6 Å². The van der Waals surface area contributed by atoms with E-state index in [1.54, 1.807) is 6.07 Å². The SMILES string of the molecule is N#CCC(N)c1ccc(I)o1. The zero-order valence-corrected chi connectivity index (χ0v) is 7.91. The zero-order chi connectivity index (χ0) is 8.27. The maximum absolute atomic E-state index is 8.33. The Balaban J connectivity index is 2.70. The van der Waals surface area contributed by atoms with E-state index < -0.39 is 0 Å². The smallest absolute Gasteiger partial charge is 0.164 e. The van der Waals surface area contributed by atoms with Crippen molar-refractivity contribution in [2.24, 2.45) is 5.73 Å². The summed E-state index contributed by atoms with van der Waals surface area (Å²) in [6.45, 7) is 0. The minimum absolute atomic E-state index is 0.288. The van der Waals surface area contributed by atoms with E-state index in [0.717, 1.165) is 3.77 Å². The van der Waals surface area contributed by atoms with Gasteiger partial charge in [0.25, 0.3) is 0 Å². The van der Waals surface area contributed by atoms with Gasteiger partial charge in [0, 0.05) is 0 Å². The van der Waals surface area contributed by atoms with E-state index in [1.165, 1.54) is 0 Å². The standard InChI is InChI=1S/C7H7IN2O/c8-7-2-1-6(11-7)5(10)3-4-9/h1-2,5H,3,10H2. The van der Waals surface area contributed by atoms with Crippen molar-refractivity contribution < 1.29 is 4.42 Å². The molecule has 58 valence electrons. The molecule has 1 unspecified atom stereocenters. The van der Waals surface area contributed by atoms with Gasteiger partial charge in [0.1, 0.15) is 5.76 Å². The quantitative estimate of drug-likeness (QED) is 0.826. The molecule has 0 aliphatic rings. The van der Waals surface area contributed by atoms with Crippen LogP contribution in [-0.2, 0) is 0 Å². The molecule has 0 amide bonds. The summed E-state index contributed by atoms with van der Waals surface area (Å²) in [6, 6.07) is 5.32. The van der Waals surface area contributed by atoms with Gasteiger partial charge in [-0.3, -0.25) is 0 Å². The van der Waals surface area contributed by atoms with Crippen molar-refractivity contribution in [3.8, 4) is 6.07 Å². The summed E-state index contributed by atoms with van der Waals surface area (Å²) in [5, 5.41) is 8.33. The summed E-state index contributed by atoms with van der Waals surface area (Å²) in [7, 11) is 0. The van der Waals surface area contributed by atoms with Crippen LogP contribution in [0.25, 0.3) is 0 Å².